The molecule has 1 N–H and O–H groups in total. The Labute approximate surface area is 134 Å². The minimum atomic E-state index is -0.595. The summed E-state index contributed by atoms with van der Waals surface area (Å²) in [7, 11) is 1.77. The van der Waals surface area contributed by atoms with Gasteiger partial charge in [0.1, 0.15) is 5.82 Å². The molecule has 0 aliphatic heterocycles. The molecule has 0 spiro atoms. The van der Waals surface area contributed by atoms with Crippen molar-refractivity contribution in [2.75, 3.05) is 13.7 Å². The molecular weight excluding hydrogens is 299 g/mol. The quantitative estimate of drug-likeness (QED) is 0.628. The van der Waals surface area contributed by atoms with Gasteiger partial charge in [-0.15, -0.1) is 0 Å². The molecule has 0 aliphatic rings. The molecule has 23 heavy (non-hydrogen) atoms. The Balaban J connectivity index is 2.29. The van der Waals surface area contributed by atoms with Crippen LogP contribution in [0.1, 0.15) is 23.6 Å². The van der Waals surface area contributed by atoms with E-state index in [1.807, 2.05) is 35.2 Å². The zero-order valence-electron chi connectivity index (χ0n) is 12.9. The van der Waals surface area contributed by atoms with Gasteiger partial charge >= 0.3 is 0 Å². The molecule has 0 saturated heterocycles. The van der Waals surface area contributed by atoms with E-state index in [-0.39, 0.29) is 30.4 Å². The second-order valence-electron chi connectivity index (χ2n) is 5.35. The summed E-state index contributed by atoms with van der Waals surface area (Å²) in [5, 5.41) is 20.4. The molecule has 0 saturated carbocycles. The molecule has 0 heterocycles. The lowest BCUT2D eigenvalue weighted by molar-refractivity contribution is -0.386. The summed E-state index contributed by atoms with van der Waals surface area (Å²) in [5.74, 6) is -0.595. The van der Waals surface area contributed by atoms with Gasteiger partial charge in [0.2, 0.25) is 0 Å². The van der Waals surface area contributed by atoms with Crippen molar-refractivity contribution < 1.29 is 14.4 Å². The number of hydrogen-bond acceptors (Lipinski definition) is 4. The average molecular weight is 318 g/mol. The number of aliphatic hydroxyl groups is 1. The van der Waals surface area contributed by atoms with E-state index < -0.39 is 10.7 Å². The topological polar surface area (TPSA) is 66.6 Å². The van der Waals surface area contributed by atoms with Crippen molar-refractivity contribution in [3.63, 3.8) is 0 Å². The number of nitro groups is 1. The van der Waals surface area contributed by atoms with E-state index in [1.165, 1.54) is 18.2 Å². The summed E-state index contributed by atoms with van der Waals surface area (Å²) >= 11 is 0. The molecule has 0 aliphatic carbocycles. The fourth-order valence-electron chi connectivity index (χ4n) is 2.67. The molecule has 2 aromatic rings. The summed E-state index contributed by atoms with van der Waals surface area (Å²) in [5.41, 5.74) is 0.801. The third kappa shape index (κ3) is 4.12. The van der Waals surface area contributed by atoms with Crippen LogP contribution in [0.15, 0.2) is 48.5 Å². The highest BCUT2D eigenvalue weighted by atomic mass is 19.1. The van der Waals surface area contributed by atoms with Crippen LogP contribution >= 0.6 is 0 Å². The Bertz CT molecular complexity index is 664. The van der Waals surface area contributed by atoms with E-state index in [0.29, 0.717) is 6.42 Å². The van der Waals surface area contributed by atoms with Crippen LogP contribution < -0.4 is 0 Å². The minimum absolute atomic E-state index is 0.0245. The molecule has 6 heteroatoms. The Hall–Kier alpha value is -2.31. The van der Waals surface area contributed by atoms with E-state index in [9.17, 15) is 19.6 Å². The van der Waals surface area contributed by atoms with Gasteiger partial charge in [0.05, 0.1) is 10.5 Å². The standard InChI is InChI=1S/C17H19FN2O3/c1-19(16(10-11-21)13-6-3-2-4-7-13)12-14-15(18)8-5-9-17(14)20(22)23/h2-9,16,21H,10-12H2,1H3. The van der Waals surface area contributed by atoms with Crippen LogP contribution in [0.5, 0.6) is 0 Å². The number of benzene rings is 2. The molecule has 0 aromatic heterocycles. The Morgan fingerprint density at radius 3 is 2.52 bits per heavy atom. The molecule has 1 atom stereocenters. The van der Waals surface area contributed by atoms with Crippen molar-refractivity contribution in [2.45, 2.75) is 19.0 Å². The molecule has 122 valence electrons. The van der Waals surface area contributed by atoms with Crippen LogP contribution in [0.3, 0.4) is 0 Å². The molecule has 5 nitrogen and oxygen atoms in total. The first kappa shape index (κ1) is 17.1. The molecular formula is C17H19FN2O3. The lowest BCUT2D eigenvalue weighted by Gasteiger charge is -2.28. The highest BCUT2D eigenvalue weighted by Gasteiger charge is 2.23. The zero-order valence-corrected chi connectivity index (χ0v) is 12.9. The van der Waals surface area contributed by atoms with Crippen molar-refractivity contribution in [2.24, 2.45) is 0 Å². The highest BCUT2D eigenvalue weighted by molar-refractivity contribution is 5.41. The Morgan fingerprint density at radius 2 is 1.91 bits per heavy atom. The van der Waals surface area contributed by atoms with Crippen molar-refractivity contribution >= 4 is 5.69 Å². The van der Waals surface area contributed by atoms with Gasteiger partial charge in [-0.05, 0) is 25.1 Å². The Kier molecular flexibility index (Phi) is 5.78. The van der Waals surface area contributed by atoms with Crippen molar-refractivity contribution in [1.29, 1.82) is 0 Å². The van der Waals surface area contributed by atoms with Crippen molar-refractivity contribution in [3.8, 4) is 0 Å². The van der Waals surface area contributed by atoms with E-state index in [4.69, 9.17) is 0 Å². The number of halogens is 1. The van der Waals surface area contributed by atoms with Crippen LogP contribution in [0, 0.1) is 15.9 Å². The fourth-order valence-corrected chi connectivity index (χ4v) is 2.67. The summed E-state index contributed by atoms with van der Waals surface area (Å²) in [6.07, 6.45) is 0.461. The Morgan fingerprint density at radius 1 is 1.22 bits per heavy atom. The lowest BCUT2D eigenvalue weighted by atomic mass is 10.0. The summed E-state index contributed by atoms with van der Waals surface area (Å²) < 4.78 is 14.0. The monoisotopic (exact) mass is 318 g/mol. The van der Waals surface area contributed by atoms with Crippen molar-refractivity contribution in [1.82, 2.24) is 4.90 Å². The van der Waals surface area contributed by atoms with Crippen LogP contribution in [-0.2, 0) is 6.54 Å². The average Bonchev–Trinajstić information content (AvgIpc) is 2.55. The number of aliphatic hydroxyl groups excluding tert-OH is 1. The number of hydrogen-bond donors (Lipinski definition) is 1. The molecule has 1 unspecified atom stereocenters. The third-order valence-electron chi connectivity index (χ3n) is 3.82. The second kappa shape index (κ2) is 7.80. The van der Waals surface area contributed by atoms with E-state index in [1.54, 1.807) is 7.05 Å². The zero-order chi connectivity index (χ0) is 16.8. The maximum Gasteiger partial charge on any atom is 0.276 e. The van der Waals surface area contributed by atoms with E-state index in [2.05, 4.69) is 0 Å². The van der Waals surface area contributed by atoms with Crippen LogP contribution in [0.2, 0.25) is 0 Å². The van der Waals surface area contributed by atoms with E-state index >= 15 is 0 Å². The summed E-state index contributed by atoms with van der Waals surface area (Å²) in [6.45, 7) is 0.0613. The molecule has 0 bridgehead atoms. The first-order chi connectivity index (χ1) is 11.0. The third-order valence-corrected chi connectivity index (χ3v) is 3.82. The minimum Gasteiger partial charge on any atom is -0.396 e. The summed E-state index contributed by atoms with van der Waals surface area (Å²) in [4.78, 5) is 12.3. The predicted octanol–water partition coefficient (Wildman–Crippen LogP) is 3.29. The fraction of sp³-hybridized carbons (Fsp3) is 0.294. The van der Waals surface area contributed by atoms with Gasteiger partial charge in [0.15, 0.2) is 0 Å². The van der Waals surface area contributed by atoms with Gasteiger partial charge in [-0.1, -0.05) is 36.4 Å². The van der Waals surface area contributed by atoms with Gasteiger partial charge in [0, 0.05) is 25.3 Å². The van der Waals surface area contributed by atoms with Gasteiger partial charge in [-0.3, -0.25) is 15.0 Å². The largest absolute Gasteiger partial charge is 0.396 e. The number of nitrogens with zero attached hydrogens (tertiary/aromatic N) is 2. The van der Waals surface area contributed by atoms with Crippen LogP contribution in [0.25, 0.3) is 0 Å². The highest BCUT2D eigenvalue weighted by Crippen LogP contribution is 2.28. The first-order valence-electron chi connectivity index (χ1n) is 7.32. The van der Waals surface area contributed by atoms with Crippen LogP contribution in [0.4, 0.5) is 10.1 Å². The predicted molar refractivity (Wildman–Crippen MR) is 85.4 cm³/mol. The second-order valence-corrected chi connectivity index (χ2v) is 5.35. The molecule has 2 rings (SSSR count). The normalized spacial score (nSPS) is 12.3. The first-order valence-corrected chi connectivity index (χ1v) is 7.32. The summed E-state index contributed by atoms with van der Waals surface area (Å²) in [6, 6.07) is 13.2. The van der Waals surface area contributed by atoms with Gasteiger partial charge < -0.3 is 5.11 Å². The molecule has 0 amide bonds. The number of nitro benzene ring substituents is 1. The maximum atomic E-state index is 14.0. The van der Waals surface area contributed by atoms with Gasteiger partial charge in [0.25, 0.3) is 5.69 Å². The van der Waals surface area contributed by atoms with Gasteiger partial charge in [-0.2, -0.15) is 0 Å². The molecule has 0 fully saturated rings. The SMILES string of the molecule is CN(Cc1c(F)cccc1[N+](=O)[O-])C(CCO)c1ccccc1. The van der Waals surface area contributed by atoms with Gasteiger partial charge in [-0.25, -0.2) is 4.39 Å². The van der Waals surface area contributed by atoms with E-state index in [0.717, 1.165) is 5.56 Å². The van der Waals surface area contributed by atoms with Crippen molar-refractivity contribution in [3.05, 3.63) is 75.6 Å². The molecule has 2 aromatic carbocycles. The maximum absolute atomic E-state index is 14.0. The molecule has 0 radical (unpaired) electrons. The number of rotatable bonds is 7. The smallest absolute Gasteiger partial charge is 0.276 e. The van der Waals surface area contributed by atoms with Crippen LogP contribution in [-0.4, -0.2) is 28.6 Å². The lowest BCUT2D eigenvalue weighted by Crippen LogP contribution is -2.26.